The number of hydrogen-bond acceptors (Lipinski definition) is 4. The Morgan fingerprint density at radius 2 is 1.86 bits per heavy atom. The summed E-state index contributed by atoms with van der Waals surface area (Å²) in [4.78, 5) is 38.8. The fourth-order valence-corrected chi connectivity index (χ4v) is 4.10. The number of amides is 4. The average Bonchev–Trinajstić information content (AvgIpc) is 2.93. The fourth-order valence-electron chi connectivity index (χ4n) is 3.30. The van der Waals surface area contributed by atoms with Gasteiger partial charge in [-0.05, 0) is 37.5 Å². The van der Waals surface area contributed by atoms with Crippen molar-refractivity contribution in [2.75, 3.05) is 5.75 Å². The number of imide groups is 1. The van der Waals surface area contributed by atoms with E-state index in [1.54, 1.807) is 12.1 Å². The molecule has 1 atom stereocenters. The number of hydrogen-bond donors (Lipinski definition) is 2. The Morgan fingerprint density at radius 1 is 1.14 bits per heavy atom. The summed E-state index contributed by atoms with van der Waals surface area (Å²) in [6.07, 6.45) is 0.380. The number of rotatable bonds is 6. The molecule has 0 unspecified atom stereocenters. The number of carbonyl (C=O) groups excluding carboxylic acids is 3. The molecular formula is C21H23N3O3S. The van der Waals surface area contributed by atoms with Crippen LogP contribution in [0.2, 0.25) is 0 Å². The molecule has 2 aromatic carbocycles. The summed E-state index contributed by atoms with van der Waals surface area (Å²) >= 11 is 1.37. The van der Waals surface area contributed by atoms with E-state index < -0.39 is 23.4 Å². The van der Waals surface area contributed by atoms with Crippen LogP contribution in [0, 0.1) is 13.8 Å². The minimum absolute atomic E-state index is 0.103. The quantitative estimate of drug-likeness (QED) is 0.579. The van der Waals surface area contributed by atoms with Gasteiger partial charge in [0.15, 0.2) is 0 Å². The maximum absolute atomic E-state index is 13.0. The third-order valence-corrected chi connectivity index (χ3v) is 5.99. The zero-order valence-electron chi connectivity index (χ0n) is 16.1. The van der Waals surface area contributed by atoms with Gasteiger partial charge in [-0.3, -0.25) is 15.0 Å². The van der Waals surface area contributed by atoms with Crippen molar-refractivity contribution in [2.24, 2.45) is 0 Å². The van der Waals surface area contributed by atoms with E-state index in [1.165, 1.54) is 11.8 Å². The van der Waals surface area contributed by atoms with E-state index >= 15 is 0 Å². The first kappa shape index (κ1) is 19.9. The Morgan fingerprint density at radius 3 is 2.50 bits per heavy atom. The average molecular weight is 398 g/mol. The lowest BCUT2D eigenvalue weighted by Crippen LogP contribution is -2.49. The Labute approximate surface area is 168 Å². The van der Waals surface area contributed by atoms with Gasteiger partial charge in [0.2, 0.25) is 5.91 Å². The van der Waals surface area contributed by atoms with Crippen LogP contribution in [0.4, 0.5) is 4.79 Å². The van der Waals surface area contributed by atoms with Crippen molar-refractivity contribution in [1.29, 1.82) is 0 Å². The van der Waals surface area contributed by atoms with Gasteiger partial charge in [-0.1, -0.05) is 55.0 Å². The van der Waals surface area contributed by atoms with Gasteiger partial charge in [0, 0.05) is 4.90 Å². The Kier molecular flexibility index (Phi) is 5.74. The highest BCUT2D eigenvalue weighted by Gasteiger charge is 2.52. The van der Waals surface area contributed by atoms with Crippen molar-refractivity contribution in [2.45, 2.75) is 37.6 Å². The highest BCUT2D eigenvalue weighted by Crippen LogP contribution is 2.31. The van der Waals surface area contributed by atoms with Crippen LogP contribution >= 0.6 is 11.8 Å². The molecule has 0 aromatic heterocycles. The molecule has 0 saturated carbocycles. The third kappa shape index (κ3) is 3.75. The van der Waals surface area contributed by atoms with E-state index in [1.807, 2.05) is 57.2 Å². The second-order valence-electron chi connectivity index (χ2n) is 6.79. The van der Waals surface area contributed by atoms with Crippen LogP contribution in [-0.2, 0) is 15.1 Å². The number of aryl methyl sites for hydroxylation is 2. The highest BCUT2D eigenvalue weighted by molar-refractivity contribution is 8.00. The topological polar surface area (TPSA) is 78.5 Å². The SMILES string of the molecule is CC[C@]1(c2ccccc2)NC(=O)N(NC(=O)CSc2ccc(C)cc2C)C1=O. The lowest BCUT2D eigenvalue weighted by molar-refractivity contribution is -0.138. The van der Waals surface area contributed by atoms with Crippen molar-refractivity contribution < 1.29 is 14.4 Å². The second-order valence-corrected chi connectivity index (χ2v) is 7.81. The molecule has 0 radical (unpaired) electrons. The van der Waals surface area contributed by atoms with E-state index in [2.05, 4.69) is 10.7 Å². The Bertz CT molecular complexity index is 916. The molecule has 3 rings (SSSR count). The number of urea groups is 1. The molecule has 1 saturated heterocycles. The van der Waals surface area contributed by atoms with E-state index in [4.69, 9.17) is 0 Å². The van der Waals surface area contributed by atoms with Crippen LogP contribution < -0.4 is 10.7 Å². The summed E-state index contributed by atoms with van der Waals surface area (Å²) in [5.41, 5.74) is 4.22. The molecule has 1 aliphatic heterocycles. The monoisotopic (exact) mass is 397 g/mol. The van der Waals surface area contributed by atoms with E-state index in [0.717, 1.165) is 21.0 Å². The van der Waals surface area contributed by atoms with E-state index in [-0.39, 0.29) is 5.75 Å². The van der Waals surface area contributed by atoms with Gasteiger partial charge in [-0.2, -0.15) is 5.01 Å². The molecule has 6 nitrogen and oxygen atoms in total. The standard InChI is InChI=1S/C21H23N3O3S/c1-4-21(16-8-6-5-7-9-16)19(26)24(20(27)22-21)23-18(25)13-28-17-11-10-14(2)12-15(17)3/h5-12H,4,13H2,1-3H3,(H,22,27)(H,23,25)/t21-/m1/s1. The molecule has 0 spiro atoms. The molecule has 1 aliphatic rings. The maximum Gasteiger partial charge on any atom is 0.344 e. The van der Waals surface area contributed by atoms with E-state index in [9.17, 15) is 14.4 Å². The minimum atomic E-state index is -1.16. The summed E-state index contributed by atoms with van der Waals surface area (Å²) in [7, 11) is 0. The molecule has 2 aromatic rings. The van der Waals surface area contributed by atoms with Crippen LogP contribution in [0.25, 0.3) is 0 Å². The summed E-state index contributed by atoms with van der Waals surface area (Å²) in [6.45, 7) is 5.82. The zero-order chi connectivity index (χ0) is 20.3. The molecule has 146 valence electrons. The van der Waals surface area contributed by atoms with Crippen LogP contribution in [0.3, 0.4) is 0 Å². The fraction of sp³-hybridized carbons (Fsp3) is 0.286. The number of nitrogens with one attached hydrogen (secondary N) is 2. The Balaban J connectivity index is 1.69. The maximum atomic E-state index is 13.0. The van der Waals surface area contributed by atoms with Gasteiger partial charge in [-0.25, -0.2) is 4.79 Å². The van der Waals surface area contributed by atoms with Gasteiger partial charge in [0.25, 0.3) is 5.91 Å². The van der Waals surface area contributed by atoms with Gasteiger partial charge in [-0.15, -0.1) is 11.8 Å². The summed E-state index contributed by atoms with van der Waals surface area (Å²) in [5, 5.41) is 3.54. The van der Waals surface area contributed by atoms with Gasteiger partial charge in [0.05, 0.1) is 5.75 Å². The number of thioether (sulfide) groups is 1. The van der Waals surface area contributed by atoms with Crippen molar-refractivity contribution in [3.05, 3.63) is 65.2 Å². The van der Waals surface area contributed by atoms with Crippen LogP contribution in [0.5, 0.6) is 0 Å². The molecule has 0 bridgehead atoms. The predicted octanol–water partition coefficient (Wildman–Crippen LogP) is 3.28. The molecule has 2 N–H and O–H groups in total. The molecule has 4 amide bonds. The van der Waals surface area contributed by atoms with Crippen LogP contribution in [0.1, 0.15) is 30.0 Å². The summed E-state index contributed by atoms with van der Waals surface area (Å²) in [5.74, 6) is -0.782. The van der Waals surface area contributed by atoms with Crippen molar-refractivity contribution in [3.63, 3.8) is 0 Å². The first-order valence-electron chi connectivity index (χ1n) is 9.09. The van der Waals surface area contributed by atoms with Crippen molar-refractivity contribution in [1.82, 2.24) is 15.8 Å². The number of carbonyl (C=O) groups is 3. The van der Waals surface area contributed by atoms with E-state index in [0.29, 0.717) is 12.0 Å². The van der Waals surface area contributed by atoms with Crippen LogP contribution in [-0.4, -0.2) is 28.6 Å². The van der Waals surface area contributed by atoms with Gasteiger partial charge < -0.3 is 5.32 Å². The lowest BCUT2D eigenvalue weighted by Gasteiger charge is -2.25. The first-order chi connectivity index (χ1) is 13.4. The lowest BCUT2D eigenvalue weighted by atomic mass is 9.87. The predicted molar refractivity (Wildman–Crippen MR) is 109 cm³/mol. The normalized spacial score (nSPS) is 18.9. The van der Waals surface area contributed by atoms with Crippen molar-refractivity contribution >= 4 is 29.6 Å². The minimum Gasteiger partial charge on any atom is -0.318 e. The molecule has 1 fully saturated rings. The zero-order valence-corrected chi connectivity index (χ0v) is 16.9. The molecular weight excluding hydrogens is 374 g/mol. The second kappa shape index (κ2) is 8.06. The largest absolute Gasteiger partial charge is 0.344 e. The van der Waals surface area contributed by atoms with Gasteiger partial charge >= 0.3 is 6.03 Å². The molecule has 0 aliphatic carbocycles. The first-order valence-corrected chi connectivity index (χ1v) is 10.1. The summed E-state index contributed by atoms with van der Waals surface area (Å²) in [6, 6.07) is 14.4. The third-order valence-electron chi connectivity index (χ3n) is 4.81. The number of benzene rings is 2. The number of nitrogens with zero attached hydrogens (tertiary/aromatic N) is 1. The summed E-state index contributed by atoms with van der Waals surface area (Å²) < 4.78 is 0. The Hall–Kier alpha value is -2.80. The molecule has 7 heteroatoms. The van der Waals surface area contributed by atoms with Crippen LogP contribution in [0.15, 0.2) is 53.4 Å². The van der Waals surface area contributed by atoms with Crippen molar-refractivity contribution in [3.8, 4) is 0 Å². The molecule has 1 heterocycles. The van der Waals surface area contributed by atoms with Gasteiger partial charge in [0.1, 0.15) is 5.54 Å². The highest BCUT2D eigenvalue weighted by atomic mass is 32.2. The molecule has 28 heavy (non-hydrogen) atoms. The smallest absolute Gasteiger partial charge is 0.318 e. The number of hydrazine groups is 1.